The van der Waals surface area contributed by atoms with Crippen molar-refractivity contribution in [1.29, 1.82) is 0 Å². The smallest absolute Gasteiger partial charge is 0.255 e. The van der Waals surface area contributed by atoms with Gasteiger partial charge in [-0.25, -0.2) is 0 Å². The SMILES string of the molecule is Cc1cc(C(=O)N[C@H](c2ccc3c(c2)OCCO3)C(C)C)c(C)o1. The molecule has 1 atom stereocenters. The number of fused-ring (bicyclic) bond motifs is 1. The van der Waals surface area contributed by atoms with Crippen molar-refractivity contribution in [2.45, 2.75) is 33.7 Å². The second-order valence-corrected chi connectivity index (χ2v) is 6.43. The highest BCUT2D eigenvalue weighted by molar-refractivity contribution is 5.95. The predicted molar refractivity (Wildman–Crippen MR) is 90.7 cm³/mol. The van der Waals surface area contributed by atoms with Crippen LogP contribution in [0.2, 0.25) is 0 Å². The van der Waals surface area contributed by atoms with Gasteiger partial charge in [0.05, 0.1) is 11.6 Å². The molecular weight excluding hydrogens is 306 g/mol. The Hall–Kier alpha value is -2.43. The van der Waals surface area contributed by atoms with Crippen molar-refractivity contribution >= 4 is 5.91 Å². The van der Waals surface area contributed by atoms with Gasteiger partial charge in [-0.05, 0) is 43.5 Å². The van der Waals surface area contributed by atoms with Crippen LogP contribution < -0.4 is 14.8 Å². The maximum Gasteiger partial charge on any atom is 0.255 e. The number of benzene rings is 1. The van der Waals surface area contributed by atoms with Gasteiger partial charge in [-0.3, -0.25) is 4.79 Å². The average Bonchev–Trinajstić information content (AvgIpc) is 2.90. The average molecular weight is 329 g/mol. The van der Waals surface area contributed by atoms with E-state index in [1.807, 2.05) is 25.1 Å². The first-order valence-corrected chi connectivity index (χ1v) is 8.23. The maximum absolute atomic E-state index is 12.6. The van der Waals surface area contributed by atoms with Crippen molar-refractivity contribution in [2.24, 2.45) is 5.92 Å². The molecule has 0 aliphatic carbocycles. The summed E-state index contributed by atoms with van der Waals surface area (Å²) in [5.74, 6) is 2.95. The van der Waals surface area contributed by atoms with Crippen LogP contribution in [0.4, 0.5) is 0 Å². The van der Waals surface area contributed by atoms with Gasteiger partial charge in [0.25, 0.3) is 5.91 Å². The van der Waals surface area contributed by atoms with Crippen LogP contribution in [-0.2, 0) is 0 Å². The normalized spacial score (nSPS) is 14.5. The van der Waals surface area contributed by atoms with Crippen molar-refractivity contribution in [2.75, 3.05) is 13.2 Å². The molecule has 0 fully saturated rings. The zero-order valence-corrected chi connectivity index (χ0v) is 14.5. The molecule has 1 amide bonds. The fourth-order valence-electron chi connectivity index (χ4n) is 2.96. The summed E-state index contributed by atoms with van der Waals surface area (Å²) in [5, 5.41) is 3.11. The lowest BCUT2D eigenvalue weighted by molar-refractivity contribution is 0.0923. The lowest BCUT2D eigenvalue weighted by Gasteiger charge is -2.25. The molecule has 128 valence electrons. The molecule has 2 heterocycles. The quantitative estimate of drug-likeness (QED) is 0.927. The Morgan fingerprint density at radius 2 is 1.79 bits per heavy atom. The van der Waals surface area contributed by atoms with E-state index >= 15 is 0 Å². The van der Waals surface area contributed by atoms with Crippen LogP contribution in [0.25, 0.3) is 0 Å². The number of rotatable bonds is 4. The zero-order valence-electron chi connectivity index (χ0n) is 14.5. The fraction of sp³-hybridized carbons (Fsp3) is 0.421. The molecule has 3 rings (SSSR count). The largest absolute Gasteiger partial charge is 0.486 e. The third kappa shape index (κ3) is 3.25. The van der Waals surface area contributed by atoms with Gasteiger partial charge in [-0.15, -0.1) is 0 Å². The van der Waals surface area contributed by atoms with Gasteiger partial charge in [0.15, 0.2) is 11.5 Å². The lowest BCUT2D eigenvalue weighted by Crippen LogP contribution is -2.32. The molecule has 1 aromatic carbocycles. The van der Waals surface area contributed by atoms with Crippen LogP contribution in [0.1, 0.15) is 47.3 Å². The molecule has 0 saturated heterocycles. The van der Waals surface area contributed by atoms with E-state index in [9.17, 15) is 4.79 Å². The molecule has 24 heavy (non-hydrogen) atoms. The number of carbonyl (C=O) groups is 1. The van der Waals surface area contributed by atoms with E-state index in [0.717, 1.165) is 22.8 Å². The number of nitrogens with one attached hydrogen (secondary N) is 1. The number of carbonyl (C=O) groups excluding carboxylic acids is 1. The number of hydrogen-bond donors (Lipinski definition) is 1. The van der Waals surface area contributed by atoms with Crippen molar-refractivity contribution < 1.29 is 18.7 Å². The topological polar surface area (TPSA) is 60.7 Å². The highest BCUT2D eigenvalue weighted by Crippen LogP contribution is 2.34. The van der Waals surface area contributed by atoms with E-state index in [-0.39, 0.29) is 17.9 Å². The summed E-state index contributed by atoms with van der Waals surface area (Å²) < 4.78 is 16.7. The Bertz CT molecular complexity index is 748. The Morgan fingerprint density at radius 1 is 1.08 bits per heavy atom. The third-order valence-electron chi connectivity index (χ3n) is 4.16. The van der Waals surface area contributed by atoms with Gasteiger partial charge in [-0.1, -0.05) is 19.9 Å². The van der Waals surface area contributed by atoms with E-state index in [1.165, 1.54) is 0 Å². The summed E-state index contributed by atoms with van der Waals surface area (Å²) in [6.45, 7) is 8.91. The van der Waals surface area contributed by atoms with Gasteiger partial charge in [-0.2, -0.15) is 0 Å². The summed E-state index contributed by atoms with van der Waals surface area (Å²) in [6, 6.07) is 7.48. The molecule has 0 unspecified atom stereocenters. The van der Waals surface area contributed by atoms with E-state index < -0.39 is 0 Å². The van der Waals surface area contributed by atoms with E-state index in [4.69, 9.17) is 13.9 Å². The van der Waals surface area contributed by atoms with Crippen molar-refractivity contribution in [3.8, 4) is 11.5 Å². The summed E-state index contributed by atoms with van der Waals surface area (Å²) >= 11 is 0. The summed E-state index contributed by atoms with van der Waals surface area (Å²) in [4.78, 5) is 12.6. The number of ether oxygens (including phenoxy) is 2. The van der Waals surface area contributed by atoms with E-state index in [0.29, 0.717) is 24.5 Å². The minimum Gasteiger partial charge on any atom is -0.486 e. The monoisotopic (exact) mass is 329 g/mol. The lowest BCUT2D eigenvalue weighted by atomic mass is 9.95. The zero-order chi connectivity index (χ0) is 17.3. The molecule has 1 aliphatic heterocycles. The molecule has 0 spiro atoms. The molecule has 1 N–H and O–H groups in total. The van der Waals surface area contributed by atoms with Crippen molar-refractivity contribution in [3.63, 3.8) is 0 Å². The highest BCUT2D eigenvalue weighted by Gasteiger charge is 2.23. The molecule has 5 heteroatoms. The first kappa shape index (κ1) is 16.4. The van der Waals surface area contributed by atoms with E-state index in [2.05, 4.69) is 19.2 Å². The van der Waals surface area contributed by atoms with Gasteiger partial charge in [0, 0.05) is 0 Å². The maximum atomic E-state index is 12.6. The molecule has 0 bridgehead atoms. The number of furan rings is 1. The summed E-state index contributed by atoms with van der Waals surface area (Å²) in [6.07, 6.45) is 0. The van der Waals surface area contributed by atoms with Gasteiger partial charge < -0.3 is 19.2 Å². The van der Waals surface area contributed by atoms with Gasteiger partial charge >= 0.3 is 0 Å². The predicted octanol–water partition coefficient (Wildman–Crippen LogP) is 3.79. The molecule has 1 aromatic heterocycles. The molecule has 1 aliphatic rings. The minimum absolute atomic E-state index is 0.122. The second kappa shape index (κ2) is 6.59. The Morgan fingerprint density at radius 3 is 2.42 bits per heavy atom. The number of hydrogen-bond acceptors (Lipinski definition) is 4. The van der Waals surface area contributed by atoms with Crippen LogP contribution in [0, 0.1) is 19.8 Å². The Kier molecular flexibility index (Phi) is 4.51. The highest BCUT2D eigenvalue weighted by atomic mass is 16.6. The minimum atomic E-state index is -0.127. The first-order chi connectivity index (χ1) is 11.5. The molecule has 0 saturated carbocycles. The van der Waals surface area contributed by atoms with Gasteiger partial charge in [0.2, 0.25) is 0 Å². The van der Waals surface area contributed by atoms with Crippen LogP contribution in [0.15, 0.2) is 28.7 Å². The standard InChI is InChI=1S/C19H23NO4/c1-11(2)18(20-19(21)15-9-12(3)24-13(15)4)14-5-6-16-17(10-14)23-8-7-22-16/h5-6,9-11,18H,7-8H2,1-4H3,(H,20,21)/t18-/m0/s1. The van der Waals surface area contributed by atoms with Crippen LogP contribution in [0.3, 0.4) is 0 Å². The summed E-state index contributed by atoms with van der Waals surface area (Å²) in [5.41, 5.74) is 1.58. The van der Waals surface area contributed by atoms with Crippen LogP contribution in [-0.4, -0.2) is 19.1 Å². The number of amides is 1. The van der Waals surface area contributed by atoms with Gasteiger partial charge in [0.1, 0.15) is 24.7 Å². The summed E-state index contributed by atoms with van der Waals surface area (Å²) in [7, 11) is 0. The van der Waals surface area contributed by atoms with Crippen LogP contribution in [0.5, 0.6) is 11.5 Å². The van der Waals surface area contributed by atoms with E-state index in [1.54, 1.807) is 13.0 Å². The molecule has 2 aromatic rings. The molecule has 0 radical (unpaired) electrons. The third-order valence-corrected chi connectivity index (χ3v) is 4.16. The Labute approximate surface area is 141 Å². The first-order valence-electron chi connectivity index (χ1n) is 8.23. The second-order valence-electron chi connectivity index (χ2n) is 6.43. The molecular formula is C19H23NO4. The Balaban J connectivity index is 1.85. The number of aryl methyl sites for hydroxylation is 2. The van der Waals surface area contributed by atoms with Crippen molar-refractivity contribution in [3.05, 3.63) is 46.9 Å². The van der Waals surface area contributed by atoms with Crippen molar-refractivity contribution in [1.82, 2.24) is 5.32 Å². The van der Waals surface area contributed by atoms with Crippen LogP contribution >= 0.6 is 0 Å². The fourth-order valence-corrected chi connectivity index (χ4v) is 2.96. The molecule has 5 nitrogen and oxygen atoms in total.